The number of benzene rings is 1. The molecule has 32 heavy (non-hydrogen) atoms. The predicted molar refractivity (Wildman–Crippen MR) is 126 cm³/mol. The van der Waals surface area contributed by atoms with Crippen LogP contribution in [0.4, 0.5) is 0 Å². The molecular weight excluding hydrogens is 424 g/mol. The largest absolute Gasteiger partial charge is 0.371 e. The normalized spacial score (nSPS) is 21.0. The van der Waals surface area contributed by atoms with E-state index < -0.39 is 15.7 Å². The summed E-state index contributed by atoms with van der Waals surface area (Å²) in [5.41, 5.74) is 3.77. The Morgan fingerprint density at radius 3 is 2.59 bits per heavy atom. The van der Waals surface area contributed by atoms with Gasteiger partial charge in [-0.15, -0.1) is 0 Å². The van der Waals surface area contributed by atoms with E-state index in [4.69, 9.17) is 0 Å². The molecule has 174 valence electrons. The number of hydrogen-bond donors (Lipinski definition) is 1. The van der Waals surface area contributed by atoms with Gasteiger partial charge in [-0.3, -0.25) is 4.79 Å². The Balaban J connectivity index is 1.73. The van der Waals surface area contributed by atoms with E-state index in [-0.39, 0.29) is 29.2 Å². The van der Waals surface area contributed by atoms with Crippen LogP contribution in [0.2, 0.25) is 0 Å². The maximum absolute atomic E-state index is 12.9. The molecule has 1 aromatic rings. The first-order chi connectivity index (χ1) is 15.2. The van der Waals surface area contributed by atoms with Crippen LogP contribution in [0.1, 0.15) is 48.9 Å². The van der Waals surface area contributed by atoms with E-state index in [2.05, 4.69) is 23.5 Å². The van der Waals surface area contributed by atoms with Crippen LogP contribution in [0, 0.1) is 11.3 Å². The number of rotatable bonds is 8. The van der Waals surface area contributed by atoms with Gasteiger partial charge in [0.1, 0.15) is 11.6 Å². The van der Waals surface area contributed by atoms with Crippen molar-refractivity contribution in [3.63, 3.8) is 0 Å². The highest BCUT2D eigenvalue weighted by Crippen LogP contribution is 2.25. The van der Waals surface area contributed by atoms with Crippen molar-refractivity contribution in [2.45, 2.75) is 51.1 Å². The van der Waals surface area contributed by atoms with Crippen molar-refractivity contribution in [3.8, 4) is 6.07 Å². The van der Waals surface area contributed by atoms with E-state index in [0.717, 1.165) is 18.4 Å². The summed E-state index contributed by atoms with van der Waals surface area (Å²) in [6.07, 6.45) is 6.65. The Morgan fingerprint density at radius 2 is 1.97 bits per heavy atom. The van der Waals surface area contributed by atoms with E-state index in [0.29, 0.717) is 19.5 Å². The molecule has 7 nitrogen and oxygen atoms in total. The minimum atomic E-state index is -3.07. The molecule has 2 unspecified atom stereocenters. The number of hydrogen-bond acceptors (Lipinski definition) is 6. The quantitative estimate of drug-likeness (QED) is 0.474. The van der Waals surface area contributed by atoms with Gasteiger partial charge in [-0.25, -0.2) is 8.42 Å². The van der Waals surface area contributed by atoms with Crippen molar-refractivity contribution in [2.24, 2.45) is 0 Å². The van der Waals surface area contributed by atoms with Gasteiger partial charge in [0.2, 0.25) is 0 Å². The highest BCUT2D eigenvalue weighted by Gasteiger charge is 2.31. The lowest BCUT2D eigenvalue weighted by molar-refractivity contribution is -0.117. The van der Waals surface area contributed by atoms with Crippen molar-refractivity contribution in [1.82, 2.24) is 15.1 Å². The summed E-state index contributed by atoms with van der Waals surface area (Å²) in [6.45, 7) is 3.16. The monoisotopic (exact) mass is 458 g/mol. The minimum Gasteiger partial charge on any atom is -0.371 e. The van der Waals surface area contributed by atoms with Crippen LogP contribution in [0.15, 0.2) is 30.0 Å². The zero-order valence-electron chi connectivity index (χ0n) is 19.3. The van der Waals surface area contributed by atoms with Gasteiger partial charge >= 0.3 is 0 Å². The Labute approximate surface area is 192 Å². The standard InChI is InChI=1S/C24H34N4O3S/c1-18(20-9-8-19-6-4-5-7-21(19)14-20)26-24(29)22(15-25)16-28(12-11-27(2)3)23-10-13-32(30,31)17-23/h8-9,14,16,18,23H,4-7,10-13,17H2,1-3H3,(H,26,29)/b22-16-. The summed E-state index contributed by atoms with van der Waals surface area (Å²) in [7, 11) is 0.799. The van der Waals surface area contributed by atoms with Gasteiger partial charge in [-0.1, -0.05) is 18.2 Å². The van der Waals surface area contributed by atoms with E-state index in [9.17, 15) is 18.5 Å². The molecule has 1 saturated heterocycles. The van der Waals surface area contributed by atoms with Crippen LogP contribution in [0.25, 0.3) is 0 Å². The fourth-order valence-corrected chi connectivity index (χ4v) is 6.13. The number of carbonyl (C=O) groups is 1. The maximum Gasteiger partial charge on any atom is 0.263 e. The lowest BCUT2D eigenvalue weighted by Gasteiger charge is -2.28. The van der Waals surface area contributed by atoms with E-state index in [1.54, 1.807) is 6.20 Å². The second kappa shape index (κ2) is 10.5. The third-order valence-corrected chi connectivity index (χ3v) is 8.11. The van der Waals surface area contributed by atoms with E-state index in [1.807, 2.05) is 36.9 Å². The predicted octanol–water partition coefficient (Wildman–Crippen LogP) is 2.20. The molecule has 8 heteroatoms. The van der Waals surface area contributed by atoms with Crippen LogP contribution < -0.4 is 5.32 Å². The summed E-state index contributed by atoms with van der Waals surface area (Å²) in [5.74, 6) is -0.232. The first-order valence-electron chi connectivity index (χ1n) is 11.3. The smallest absolute Gasteiger partial charge is 0.263 e. The number of sulfone groups is 1. The van der Waals surface area contributed by atoms with Gasteiger partial charge in [0, 0.05) is 25.3 Å². The van der Waals surface area contributed by atoms with E-state index >= 15 is 0 Å². The van der Waals surface area contributed by atoms with Crippen LogP contribution in [0.3, 0.4) is 0 Å². The second-order valence-corrected chi connectivity index (χ2v) is 11.4. The first kappa shape index (κ1) is 24.3. The molecule has 0 aromatic heterocycles. The number of carbonyl (C=O) groups excluding carboxylic acids is 1. The zero-order valence-corrected chi connectivity index (χ0v) is 20.1. The molecule has 0 spiro atoms. The van der Waals surface area contributed by atoms with Crippen molar-refractivity contribution in [1.29, 1.82) is 5.26 Å². The molecule has 3 rings (SSSR count). The fourth-order valence-electron chi connectivity index (χ4n) is 4.39. The first-order valence-corrected chi connectivity index (χ1v) is 13.2. The molecule has 2 atom stereocenters. The van der Waals surface area contributed by atoms with Crippen molar-refractivity contribution in [2.75, 3.05) is 38.7 Å². The molecule has 1 aromatic carbocycles. The summed E-state index contributed by atoms with van der Waals surface area (Å²) in [6, 6.07) is 7.95. The molecule has 0 bridgehead atoms. The molecule has 1 aliphatic heterocycles. The maximum atomic E-state index is 12.9. The Morgan fingerprint density at radius 1 is 1.25 bits per heavy atom. The van der Waals surface area contributed by atoms with Crippen molar-refractivity contribution in [3.05, 3.63) is 46.7 Å². The summed E-state index contributed by atoms with van der Waals surface area (Å²) < 4.78 is 24.0. The second-order valence-electron chi connectivity index (χ2n) is 9.18. The number of nitrogens with one attached hydrogen (secondary N) is 1. The molecule has 1 N–H and O–H groups in total. The number of nitrogens with zero attached hydrogens (tertiary/aromatic N) is 3. The molecule has 0 saturated carbocycles. The third-order valence-electron chi connectivity index (χ3n) is 6.36. The van der Waals surface area contributed by atoms with Crippen molar-refractivity contribution < 1.29 is 13.2 Å². The lowest BCUT2D eigenvalue weighted by atomic mass is 9.89. The fraction of sp³-hybridized carbons (Fsp3) is 0.583. The number of nitriles is 1. The van der Waals surface area contributed by atoms with Crippen LogP contribution >= 0.6 is 0 Å². The molecule has 1 amide bonds. The number of aryl methyl sites for hydroxylation is 2. The topological polar surface area (TPSA) is 93.5 Å². The molecule has 1 aliphatic carbocycles. The van der Waals surface area contributed by atoms with E-state index in [1.165, 1.54) is 24.0 Å². The third kappa shape index (κ3) is 6.33. The Bertz CT molecular complexity index is 1010. The van der Waals surface area contributed by atoms with Gasteiger partial charge in [-0.05, 0) is 69.8 Å². The SMILES string of the molecule is CC(NC(=O)/C(C#N)=C\N(CCN(C)C)C1CCS(=O)(=O)C1)c1ccc2c(c1)CCCC2. The lowest BCUT2D eigenvalue weighted by Crippen LogP contribution is -2.38. The highest BCUT2D eigenvalue weighted by molar-refractivity contribution is 7.91. The average molecular weight is 459 g/mol. The number of amides is 1. The van der Waals surface area contributed by atoms with Crippen LogP contribution in [-0.4, -0.2) is 68.9 Å². The molecule has 2 aliphatic rings. The van der Waals surface area contributed by atoms with Gasteiger partial charge in [-0.2, -0.15) is 5.26 Å². The molecular formula is C24H34N4O3S. The zero-order chi connectivity index (χ0) is 23.3. The average Bonchev–Trinajstić information content (AvgIpc) is 3.12. The summed E-state index contributed by atoms with van der Waals surface area (Å²) in [4.78, 5) is 16.8. The molecule has 1 fully saturated rings. The van der Waals surface area contributed by atoms with Gasteiger partial charge in [0.25, 0.3) is 5.91 Å². The van der Waals surface area contributed by atoms with Gasteiger partial charge in [0.15, 0.2) is 9.84 Å². The van der Waals surface area contributed by atoms with Crippen molar-refractivity contribution >= 4 is 15.7 Å². The van der Waals surface area contributed by atoms with Crippen LogP contribution in [0.5, 0.6) is 0 Å². The Kier molecular flexibility index (Phi) is 7.96. The number of fused-ring (bicyclic) bond motifs is 1. The number of likely N-dealkylation sites (N-methyl/N-ethyl adjacent to an activating group) is 1. The van der Waals surface area contributed by atoms with Crippen LogP contribution in [-0.2, 0) is 27.5 Å². The van der Waals surface area contributed by atoms with Gasteiger partial charge < -0.3 is 15.1 Å². The summed E-state index contributed by atoms with van der Waals surface area (Å²) in [5, 5.41) is 12.6. The highest BCUT2D eigenvalue weighted by atomic mass is 32.2. The Hall–Kier alpha value is -2.37. The summed E-state index contributed by atoms with van der Waals surface area (Å²) >= 11 is 0. The molecule has 0 radical (unpaired) electrons. The minimum absolute atomic E-state index is 0.00198. The van der Waals surface area contributed by atoms with Gasteiger partial charge in [0.05, 0.1) is 17.5 Å². The molecule has 1 heterocycles.